The number of hydrogen-bond donors (Lipinski definition) is 2. The van der Waals surface area contributed by atoms with Gasteiger partial charge in [0.2, 0.25) is 11.8 Å². The van der Waals surface area contributed by atoms with Crippen LogP contribution in [0.25, 0.3) is 0 Å². The Bertz CT molecular complexity index is 1510. The predicted molar refractivity (Wildman–Crippen MR) is 141 cm³/mol. The number of hydrogen-bond acceptors (Lipinski definition) is 8. The minimum absolute atomic E-state index is 0.00630. The van der Waals surface area contributed by atoms with Gasteiger partial charge in [-0.3, -0.25) is 25.0 Å². The van der Waals surface area contributed by atoms with Crippen LogP contribution in [0.5, 0.6) is 11.5 Å². The number of fused-ring (bicyclic) bond motifs is 1. The van der Waals surface area contributed by atoms with Gasteiger partial charge in [0.05, 0.1) is 41.1 Å². The molecule has 2 fully saturated rings. The summed E-state index contributed by atoms with van der Waals surface area (Å²) in [6, 6.07) is 15.7. The van der Waals surface area contributed by atoms with Crippen molar-refractivity contribution in [1.29, 1.82) is 0 Å². The number of anilines is 1. The Kier molecular flexibility index (Phi) is 6.60. The number of benzene rings is 3. The zero-order chi connectivity index (χ0) is 28.1. The van der Waals surface area contributed by atoms with Crippen LogP contribution in [0.15, 0.2) is 71.2 Å². The van der Waals surface area contributed by atoms with Crippen molar-refractivity contribution in [3.63, 3.8) is 0 Å². The molecule has 2 aliphatic rings. The molecule has 4 unspecified atom stereocenters. The quantitative estimate of drug-likeness (QED) is 0.236. The number of carboxylic acid groups (broad SMARTS) is 1. The average Bonchev–Trinajstić information content (AvgIpc) is 3.43. The van der Waals surface area contributed by atoms with Crippen LogP contribution in [0.3, 0.4) is 0 Å². The highest BCUT2D eigenvalue weighted by Gasteiger charge is 2.69. The second-order valence-electron chi connectivity index (χ2n) is 9.13. The number of carbonyl (C=O) groups is 3. The van der Waals surface area contributed by atoms with Crippen molar-refractivity contribution in [2.24, 2.45) is 11.8 Å². The lowest BCUT2D eigenvalue weighted by atomic mass is 9.75. The average molecular weight is 596 g/mol. The maximum absolute atomic E-state index is 14.0. The summed E-state index contributed by atoms with van der Waals surface area (Å²) in [5.74, 6) is -4.57. The molecule has 2 N–H and O–H groups in total. The molecule has 3 aromatic rings. The van der Waals surface area contributed by atoms with E-state index in [1.807, 2.05) is 0 Å². The zero-order valence-corrected chi connectivity index (χ0v) is 22.2. The number of aliphatic carboxylic acids is 1. The van der Waals surface area contributed by atoms with Crippen LogP contribution in [0.4, 0.5) is 11.4 Å². The Balaban J connectivity index is 1.73. The first kappa shape index (κ1) is 26.3. The molecule has 4 atom stereocenters. The first-order valence-electron chi connectivity index (χ1n) is 11.8. The largest absolute Gasteiger partial charge is 0.493 e. The third-order valence-corrected chi connectivity index (χ3v) is 7.83. The van der Waals surface area contributed by atoms with E-state index in [0.717, 1.165) is 11.0 Å². The van der Waals surface area contributed by atoms with Crippen molar-refractivity contribution in [2.45, 2.75) is 11.6 Å². The topological polar surface area (TPSA) is 148 Å². The first-order chi connectivity index (χ1) is 18.6. The van der Waals surface area contributed by atoms with Gasteiger partial charge in [-0.15, -0.1) is 0 Å². The molecular formula is C27H22BrN3O8. The van der Waals surface area contributed by atoms with Gasteiger partial charge in [0, 0.05) is 18.2 Å². The Hall–Kier alpha value is -4.29. The maximum atomic E-state index is 14.0. The normalized spacial score (nSPS) is 24.0. The number of amides is 2. The molecule has 0 aromatic heterocycles. The van der Waals surface area contributed by atoms with E-state index in [1.165, 1.54) is 32.4 Å². The van der Waals surface area contributed by atoms with Crippen molar-refractivity contribution in [1.82, 2.24) is 5.32 Å². The molecule has 200 valence electrons. The minimum atomic E-state index is -1.97. The van der Waals surface area contributed by atoms with Crippen LogP contribution >= 0.6 is 15.9 Å². The highest BCUT2D eigenvalue weighted by molar-refractivity contribution is 9.10. The Morgan fingerprint density at radius 2 is 1.77 bits per heavy atom. The molecular weight excluding hydrogens is 574 g/mol. The van der Waals surface area contributed by atoms with E-state index in [2.05, 4.69) is 21.2 Å². The number of rotatable bonds is 7. The van der Waals surface area contributed by atoms with Crippen molar-refractivity contribution in [2.75, 3.05) is 19.1 Å². The number of carbonyl (C=O) groups excluding carboxylic acids is 2. The summed E-state index contributed by atoms with van der Waals surface area (Å²) in [5, 5.41) is 25.2. The second kappa shape index (κ2) is 9.79. The number of imide groups is 1. The fourth-order valence-electron chi connectivity index (χ4n) is 5.60. The zero-order valence-electron chi connectivity index (χ0n) is 20.7. The molecule has 11 nitrogen and oxygen atoms in total. The van der Waals surface area contributed by atoms with Crippen molar-refractivity contribution in [3.8, 4) is 11.5 Å². The molecule has 12 heteroatoms. The molecule has 2 heterocycles. The van der Waals surface area contributed by atoms with Gasteiger partial charge in [-0.25, -0.2) is 9.69 Å². The standard InChI is InChI=1S/C27H22BrN3O8/c1-38-19-12-14(11-18(28)23(19)39-2)22-20-21(27(29-22,26(34)35)15-7-4-3-5-8-15)25(33)30(24(20)32)16-9-6-10-17(13-16)31(36)37/h3-13,20-22,29H,1-2H3,(H,34,35). The number of nitro benzene ring substituents is 1. The summed E-state index contributed by atoms with van der Waals surface area (Å²) in [5.41, 5.74) is -1.52. The summed E-state index contributed by atoms with van der Waals surface area (Å²) >= 11 is 3.44. The molecule has 3 aromatic carbocycles. The Morgan fingerprint density at radius 1 is 1.05 bits per heavy atom. The van der Waals surface area contributed by atoms with E-state index in [-0.39, 0.29) is 16.9 Å². The number of ether oxygens (including phenoxy) is 2. The first-order valence-corrected chi connectivity index (χ1v) is 12.5. The van der Waals surface area contributed by atoms with Gasteiger partial charge in [0.15, 0.2) is 17.0 Å². The number of nitrogens with one attached hydrogen (secondary N) is 1. The molecule has 0 bridgehead atoms. The molecule has 2 aliphatic heterocycles. The Labute approximate surface area is 230 Å². The number of nitrogens with zero attached hydrogens (tertiary/aromatic N) is 2. The number of non-ortho nitro benzene ring substituents is 1. The monoisotopic (exact) mass is 595 g/mol. The van der Waals surface area contributed by atoms with Crippen LogP contribution < -0.4 is 19.7 Å². The van der Waals surface area contributed by atoms with E-state index in [0.29, 0.717) is 21.5 Å². The lowest BCUT2D eigenvalue weighted by molar-refractivity contribution is -0.384. The van der Waals surface area contributed by atoms with Gasteiger partial charge >= 0.3 is 5.97 Å². The fourth-order valence-corrected chi connectivity index (χ4v) is 6.22. The number of methoxy groups -OCH3 is 2. The highest BCUT2D eigenvalue weighted by Crippen LogP contribution is 2.55. The van der Waals surface area contributed by atoms with Gasteiger partial charge in [-0.1, -0.05) is 36.4 Å². The van der Waals surface area contributed by atoms with Crippen molar-refractivity contribution >= 4 is 45.1 Å². The summed E-state index contributed by atoms with van der Waals surface area (Å²) < 4.78 is 11.4. The third kappa shape index (κ3) is 3.94. The molecule has 2 saturated heterocycles. The van der Waals surface area contributed by atoms with E-state index >= 15 is 0 Å². The highest BCUT2D eigenvalue weighted by atomic mass is 79.9. The van der Waals surface area contributed by atoms with Crippen LogP contribution in [0.1, 0.15) is 17.2 Å². The number of halogens is 1. The summed E-state index contributed by atoms with van der Waals surface area (Å²) in [4.78, 5) is 52.7. The van der Waals surface area contributed by atoms with Crippen LogP contribution in [0.2, 0.25) is 0 Å². The van der Waals surface area contributed by atoms with Crippen LogP contribution in [0, 0.1) is 22.0 Å². The Morgan fingerprint density at radius 3 is 2.38 bits per heavy atom. The fraction of sp³-hybridized carbons (Fsp3) is 0.222. The van der Waals surface area contributed by atoms with Crippen LogP contribution in [-0.4, -0.2) is 42.0 Å². The van der Waals surface area contributed by atoms with E-state index < -0.39 is 46.1 Å². The van der Waals surface area contributed by atoms with Gasteiger partial charge in [0.25, 0.3) is 5.69 Å². The summed E-state index contributed by atoms with van der Waals surface area (Å²) in [6.07, 6.45) is 0. The lowest BCUT2D eigenvalue weighted by Gasteiger charge is -2.31. The van der Waals surface area contributed by atoms with Crippen molar-refractivity contribution in [3.05, 3.63) is 92.4 Å². The van der Waals surface area contributed by atoms with Gasteiger partial charge < -0.3 is 14.6 Å². The molecule has 0 spiro atoms. The molecule has 0 aliphatic carbocycles. The van der Waals surface area contributed by atoms with E-state index in [9.17, 15) is 29.6 Å². The smallest absolute Gasteiger partial charge is 0.329 e. The van der Waals surface area contributed by atoms with Gasteiger partial charge in [-0.2, -0.15) is 0 Å². The second-order valence-corrected chi connectivity index (χ2v) is 9.99. The summed E-state index contributed by atoms with van der Waals surface area (Å²) in [6.45, 7) is 0. The molecule has 0 saturated carbocycles. The molecule has 5 rings (SSSR count). The maximum Gasteiger partial charge on any atom is 0.329 e. The summed E-state index contributed by atoms with van der Waals surface area (Å²) in [7, 11) is 2.91. The minimum Gasteiger partial charge on any atom is -0.493 e. The van der Waals surface area contributed by atoms with Gasteiger partial charge in [-0.05, 0) is 45.3 Å². The van der Waals surface area contributed by atoms with E-state index in [1.54, 1.807) is 42.5 Å². The third-order valence-electron chi connectivity index (χ3n) is 7.24. The lowest BCUT2D eigenvalue weighted by Crippen LogP contribution is -2.53. The molecule has 2 amide bonds. The molecule has 0 radical (unpaired) electrons. The number of nitro groups is 1. The van der Waals surface area contributed by atoms with Crippen molar-refractivity contribution < 1.29 is 33.9 Å². The van der Waals surface area contributed by atoms with E-state index in [4.69, 9.17) is 9.47 Å². The van der Waals surface area contributed by atoms with Gasteiger partial charge in [0.1, 0.15) is 0 Å². The number of carboxylic acids is 1. The van der Waals surface area contributed by atoms with Crippen LogP contribution in [-0.2, 0) is 19.9 Å². The SMILES string of the molecule is COc1cc(C2NC(C(=O)O)(c3ccccc3)C3C(=O)N(c4cccc([N+](=O)[O-])c4)C(=O)C23)cc(Br)c1OC. The molecule has 39 heavy (non-hydrogen) atoms. The predicted octanol–water partition coefficient (Wildman–Crippen LogP) is 3.80.